The Bertz CT molecular complexity index is 621. The Labute approximate surface area is 147 Å². The minimum Gasteiger partial charge on any atom is -0.495 e. The first-order valence-corrected chi connectivity index (χ1v) is 8.27. The molecular weight excluding hydrogens is 332 g/mol. The van der Waals surface area contributed by atoms with Gasteiger partial charge in [0.2, 0.25) is 5.91 Å². The number of ether oxygens (including phenoxy) is 2. The van der Waals surface area contributed by atoms with Crippen LogP contribution in [0.25, 0.3) is 0 Å². The van der Waals surface area contributed by atoms with Crippen LogP contribution in [0.15, 0.2) is 12.1 Å². The van der Waals surface area contributed by atoms with Crippen LogP contribution in [0, 0.1) is 6.92 Å². The van der Waals surface area contributed by atoms with Crippen LogP contribution in [-0.2, 0) is 16.0 Å². The van der Waals surface area contributed by atoms with E-state index in [4.69, 9.17) is 21.1 Å². The van der Waals surface area contributed by atoms with Crippen molar-refractivity contribution >= 4 is 23.6 Å². The number of hydrogen-bond donors (Lipinski definition) is 0. The quantitative estimate of drug-likeness (QED) is 0.836. The fourth-order valence-corrected chi connectivity index (χ4v) is 3.06. The third-order valence-corrected chi connectivity index (χ3v) is 4.53. The summed E-state index contributed by atoms with van der Waals surface area (Å²) in [6.45, 7) is 4.17. The van der Waals surface area contributed by atoms with E-state index in [1.807, 2.05) is 13.0 Å². The predicted molar refractivity (Wildman–Crippen MR) is 91.6 cm³/mol. The molecule has 24 heavy (non-hydrogen) atoms. The van der Waals surface area contributed by atoms with Crippen molar-refractivity contribution < 1.29 is 19.1 Å². The zero-order valence-electron chi connectivity index (χ0n) is 14.3. The van der Waals surface area contributed by atoms with Gasteiger partial charge in [-0.2, -0.15) is 0 Å². The van der Waals surface area contributed by atoms with E-state index in [0.717, 1.165) is 17.5 Å². The molecular formula is C17H23ClN2O4. The Morgan fingerprint density at radius 2 is 1.79 bits per heavy atom. The second-order valence-electron chi connectivity index (χ2n) is 5.78. The summed E-state index contributed by atoms with van der Waals surface area (Å²) < 4.78 is 9.93. The molecule has 2 amide bonds. The van der Waals surface area contributed by atoms with Crippen LogP contribution in [0.3, 0.4) is 0 Å². The number of benzene rings is 1. The lowest BCUT2D eigenvalue weighted by molar-refractivity contribution is -0.130. The highest BCUT2D eigenvalue weighted by Crippen LogP contribution is 2.28. The summed E-state index contributed by atoms with van der Waals surface area (Å²) in [6, 6.07) is 3.62. The summed E-state index contributed by atoms with van der Waals surface area (Å²) in [6.07, 6.45) is 0.679. The van der Waals surface area contributed by atoms with Gasteiger partial charge in [0.15, 0.2) is 0 Å². The third kappa shape index (κ3) is 4.32. The zero-order valence-corrected chi connectivity index (χ0v) is 15.1. The molecule has 0 bridgehead atoms. The van der Waals surface area contributed by atoms with E-state index in [0.29, 0.717) is 37.0 Å². The molecule has 1 aromatic rings. The summed E-state index contributed by atoms with van der Waals surface area (Å²) in [5, 5.41) is 0.499. The van der Waals surface area contributed by atoms with Gasteiger partial charge in [-0.1, -0.05) is 11.6 Å². The Morgan fingerprint density at radius 1 is 1.12 bits per heavy atom. The van der Waals surface area contributed by atoms with E-state index in [2.05, 4.69) is 0 Å². The summed E-state index contributed by atoms with van der Waals surface area (Å²) in [7, 11) is 2.93. The fourth-order valence-electron chi connectivity index (χ4n) is 2.80. The standard InChI is InChI=1S/C17H23ClN2O4/c1-12-9-15(23-2)14(18)10-13(12)11-16(21)19-5-4-6-20(8-7-19)17(22)24-3/h9-10H,4-8,11H2,1-3H3. The van der Waals surface area contributed by atoms with E-state index in [9.17, 15) is 9.59 Å². The number of rotatable bonds is 3. The number of carbonyl (C=O) groups excluding carboxylic acids is 2. The summed E-state index contributed by atoms with van der Waals surface area (Å²) in [5.74, 6) is 0.639. The molecule has 1 aromatic carbocycles. The van der Waals surface area contributed by atoms with Crippen molar-refractivity contribution in [1.82, 2.24) is 9.80 Å². The van der Waals surface area contributed by atoms with Gasteiger partial charge in [-0.25, -0.2) is 4.79 Å². The molecule has 0 aromatic heterocycles. The van der Waals surface area contributed by atoms with Gasteiger partial charge in [0.1, 0.15) is 5.75 Å². The Kier molecular flexibility index (Phi) is 6.31. The van der Waals surface area contributed by atoms with E-state index in [1.165, 1.54) is 7.11 Å². The minimum atomic E-state index is -0.345. The molecule has 0 N–H and O–H groups in total. The molecule has 1 fully saturated rings. The largest absolute Gasteiger partial charge is 0.495 e. The van der Waals surface area contributed by atoms with Gasteiger partial charge in [-0.3, -0.25) is 4.79 Å². The van der Waals surface area contributed by atoms with Crippen molar-refractivity contribution in [3.8, 4) is 5.75 Å². The molecule has 1 heterocycles. The van der Waals surface area contributed by atoms with Gasteiger partial charge in [0.25, 0.3) is 0 Å². The average molecular weight is 355 g/mol. The van der Waals surface area contributed by atoms with E-state index in [1.54, 1.807) is 23.0 Å². The van der Waals surface area contributed by atoms with Crippen LogP contribution < -0.4 is 4.74 Å². The van der Waals surface area contributed by atoms with Gasteiger partial charge in [-0.15, -0.1) is 0 Å². The maximum absolute atomic E-state index is 12.6. The molecule has 1 aliphatic heterocycles. The van der Waals surface area contributed by atoms with Crippen molar-refractivity contribution in [2.75, 3.05) is 40.4 Å². The monoisotopic (exact) mass is 354 g/mol. The predicted octanol–water partition coefficient (Wildman–Crippen LogP) is 2.50. The van der Waals surface area contributed by atoms with Gasteiger partial charge in [-0.05, 0) is 36.6 Å². The lowest BCUT2D eigenvalue weighted by atomic mass is 10.0. The molecule has 0 radical (unpaired) electrons. The smallest absolute Gasteiger partial charge is 0.409 e. The number of methoxy groups -OCH3 is 2. The number of halogens is 1. The van der Waals surface area contributed by atoms with Crippen LogP contribution in [0.4, 0.5) is 4.79 Å². The second-order valence-corrected chi connectivity index (χ2v) is 6.19. The second kappa shape index (κ2) is 8.24. The molecule has 0 spiro atoms. The van der Waals surface area contributed by atoms with Crippen LogP contribution in [0.1, 0.15) is 17.5 Å². The number of hydrogen-bond acceptors (Lipinski definition) is 4. The van der Waals surface area contributed by atoms with Crippen molar-refractivity contribution in [3.63, 3.8) is 0 Å². The van der Waals surface area contributed by atoms with E-state index >= 15 is 0 Å². The van der Waals surface area contributed by atoms with E-state index < -0.39 is 0 Å². The topological polar surface area (TPSA) is 59.1 Å². The van der Waals surface area contributed by atoms with Crippen LogP contribution in [0.5, 0.6) is 5.75 Å². The number of amides is 2. The molecule has 1 aliphatic rings. The number of nitrogens with zero attached hydrogens (tertiary/aromatic N) is 2. The van der Waals surface area contributed by atoms with E-state index in [-0.39, 0.29) is 18.4 Å². The summed E-state index contributed by atoms with van der Waals surface area (Å²) in [4.78, 5) is 27.6. The molecule has 2 rings (SSSR count). The zero-order chi connectivity index (χ0) is 17.7. The van der Waals surface area contributed by atoms with Crippen molar-refractivity contribution in [2.45, 2.75) is 19.8 Å². The molecule has 0 atom stereocenters. The number of carbonyl (C=O) groups is 2. The van der Waals surface area contributed by atoms with Crippen molar-refractivity contribution in [3.05, 3.63) is 28.3 Å². The number of aryl methyl sites for hydroxylation is 1. The first-order chi connectivity index (χ1) is 11.5. The fraction of sp³-hybridized carbons (Fsp3) is 0.529. The van der Waals surface area contributed by atoms with Gasteiger partial charge in [0, 0.05) is 26.2 Å². The van der Waals surface area contributed by atoms with Crippen molar-refractivity contribution in [1.29, 1.82) is 0 Å². The molecule has 0 aliphatic carbocycles. The van der Waals surface area contributed by atoms with Crippen LogP contribution in [-0.4, -0.2) is 62.2 Å². The Hall–Kier alpha value is -1.95. The minimum absolute atomic E-state index is 0.0334. The lowest BCUT2D eigenvalue weighted by Crippen LogP contribution is -2.38. The highest BCUT2D eigenvalue weighted by molar-refractivity contribution is 6.32. The Balaban J connectivity index is 2.02. The van der Waals surface area contributed by atoms with Gasteiger partial charge >= 0.3 is 6.09 Å². The van der Waals surface area contributed by atoms with Crippen molar-refractivity contribution in [2.24, 2.45) is 0 Å². The summed E-state index contributed by atoms with van der Waals surface area (Å²) >= 11 is 6.16. The lowest BCUT2D eigenvalue weighted by Gasteiger charge is -2.22. The van der Waals surface area contributed by atoms with Crippen LogP contribution in [0.2, 0.25) is 5.02 Å². The first kappa shape index (κ1) is 18.4. The highest BCUT2D eigenvalue weighted by Gasteiger charge is 2.23. The molecule has 7 heteroatoms. The molecule has 0 saturated carbocycles. The van der Waals surface area contributed by atoms with Crippen LogP contribution >= 0.6 is 11.6 Å². The average Bonchev–Trinajstić information content (AvgIpc) is 2.83. The molecule has 6 nitrogen and oxygen atoms in total. The van der Waals surface area contributed by atoms with Gasteiger partial charge in [0.05, 0.1) is 25.7 Å². The highest BCUT2D eigenvalue weighted by atomic mass is 35.5. The maximum Gasteiger partial charge on any atom is 0.409 e. The SMILES string of the molecule is COC(=O)N1CCCN(C(=O)Cc2cc(Cl)c(OC)cc2C)CC1. The molecule has 0 unspecified atom stereocenters. The maximum atomic E-state index is 12.6. The Morgan fingerprint density at radius 3 is 2.46 bits per heavy atom. The first-order valence-electron chi connectivity index (χ1n) is 7.90. The molecule has 132 valence electrons. The molecule has 1 saturated heterocycles. The third-order valence-electron chi connectivity index (χ3n) is 4.23. The summed E-state index contributed by atoms with van der Waals surface area (Å²) in [5.41, 5.74) is 1.86. The van der Waals surface area contributed by atoms with Gasteiger partial charge < -0.3 is 19.3 Å². The normalized spacial score (nSPS) is 15.0.